The monoisotopic (exact) mass is 787 g/mol. The lowest BCUT2D eigenvalue weighted by Crippen LogP contribution is -2.30. The molecule has 0 saturated heterocycles. The van der Waals surface area contributed by atoms with Gasteiger partial charge in [0.2, 0.25) is 0 Å². The largest absolute Gasteiger partial charge is 0.462 e. The minimum Gasteiger partial charge on any atom is -0.462 e. The first-order chi connectivity index (χ1) is 27.6. The molecule has 0 radical (unpaired) electrons. The van der Waals surface area contributed by atoms with E-state index in [0.717, 1.165) is 51.4 Å². The predicted molar refractivity (Wildman–Crippen MR) is 242 cm³/mol. The van der Waals surface area contributed by atoms with Crippen LogP contribution in [0.4, 0.5) is 0 Å². The van der Waals surface area contributed by atoms with Gasteiger partial charge in [0.25, 0.3) is 0 Å². The minimum atomic E-state index is -0.540. The second-order valence-electron chi connectivity index (χ2n) is 16.4. The highest BCUT2D eigenvalue weighted by atomic mass is 16.6. The van der Waals surface area contributed by atoms with Gasteiger partial charge < -0.3 is 14.2 Å². The molecule has 0 rings (SSSR count). The van der Waals surface area contributed by atoms with Gasteiger partial charge in [-0.3, -0.25) is 9.59 Å². The molecule has 0 aliphatic heterocycles. The molecule has 328 valence electrons. The van der Waals surface area contributed by atoms with Crippen molar-refractivity contribution >= 4 is 11.9 Å². The van der Waals surface area contributed by atoms with E-state index < -0.39 is 6.10 Å². The number of unbranched alkanes of at least 4 members (excludes halogenated alkanes) is 28. The molecule has 1 unspecified atom stereocenters. The van der Waals surface area contributed by atoms with Gasteiger partial charge in [-0.25, -0.2) is 0 Å². The Morgan fingerprint density at radius 2 is 0.714 bits per heavy atom. The molecule has 0 bridgehead atoms. The van der Waals surface area contributed by atoms with Crippen molar-refractivity contribution in [2.75, 3.05) is 19.8 Å². The Bertz CT molecular complexity index is 893. The molecule has 56 heavy (non-hydrogen) atoms. The molecular formula is C51H94O5. The van der Waals surface area contributed by atoms with Gasteiger partial charge in [0.15, 0.2) is 6.10 Å². The average Bonchev–Trinajstić information content (AvgIpc) is 3.20. The van der Waals surface area contributed by atoms with Crippen LogP contribution in [0.1, 0.15) is 252 Å². The fourth-order valence-corrected chi connectivity index (χ4v) is 6.88. The Balaban J connectivity index is 4.21. The van der Waals surface area contributed by atoms with Gasteiger partial charge in [-0.15, -0.1) is 0 Å². The third kappa shape index (κ3) is 44.8. The van der Waals surface area contributed by atoms with Crippen LogP contribution in [-0.4, -0.2) is 37.9 Å². The molecule has 0 N–H and O–H groups in total. The molecular weight excluding hydrogens is 693 g/mol. The first-order valence-corrected chi connectivity index (χ1v) is 24.5. The molecule has 1 atom stereocenters. The highest BCUT2D eigenvalue weighted by molar-refractivity contribution is 5.70. The maximum absolute atomic E-state index is 12.7. The summed E-state index contributed by atoms with van der Waals surface area (Å²) >= 11 is 0. The van der Waals surface area contributed by atoms with Gasteiger partial charge in [0.1, 0.15) is 6.61 Å². The summed E-state index contributed by atoms with van der Waals surface area (Å²) in [7, 11) is 0. The maximum Gasteiger partial charge on any atom is 0.306 e. The Hall–Kier alpha value is -1.88. The summed E-state index contributed by atoms with van der Waals surface area (Å²) < 4.78 is 17.3. The summed E-state index contributed by atoms with van der Waals surface area (Å²) in [6, 6.07) is 0. The summed E-state index contributed by atoms with van der Waals surface area (Å²) in [5, 5.41) is 0. The predicted octanol–water partition coefficient (Wildman–Crippen LogP) is 16.2. The van der Waals surface area contributed by atoms with Crippen molar-refractivity contribution in [2.24, 2.45) is 0 Å². The maximum atomic E-state index is 12.7. The van der Waals surface area contributed by atoms with E-state index in [4.69, 9.17) is 14.2 Å². The summed E-state index contributed by atoms with van der Waals surface area (Å²) in [6.07, 6.45) is 55.7. The van der Waals surface area contributed by atoms with Crippen LogP contribution in [0.15, 0.2) is 36.5 Å². The van der Waals surface area contributed by atoms with Gasteiger partial charge in [-0.1, -0.05) is 192 Å². The van der Waals surface area contributed by atoms with E-state index >= 15 is 0 Å². The lowest BCUT2D eigenvalue weighted by Gasteiger charge is -2.18. The van der Waals surface area contributed by atoms with Crippen molar-refractivity contribution in [1.29, 1.82) is 0 Å². The van der Waals surface area contributed by atoms with Gasteiger partial charge in [-0.05, 0) is 83.5 Å². The fraction of sp³-hybridized carbons (Fsp3) is 0.843. The van der Waals surface area contributed by atoms with Crippen molar-refractivity contribution < 1.29 is 23.8 Å². The van der Waals surface area contributed by atoms with Gasteiger partial charge in [0, 0.05) is 19.4 Å². The zero-order chi connectivity index (χ0) is 40.7. The molecule has 0 aromatic heterocycles. The van der Waals surface area contributed by atoms with E-state index in [1.165, 1.54) is 167 Å². The SMILES string of the molecule is CCCC/C=C\CCCCCCCCOCC(COC(=O)CCCCCCCCC/C=C\CCCCCCCC)OC(=O)CCCCCCC/C=C\CCCC. The molecule has 5 heteroatoms. The van der Waals surface area contributed by atoms with Crippen molar-refractivity contribution in [3.63, 3.8) is 0 Å². The lowest BCUT2D eigenvalue weighted by molar-refractivity contribution is -0.163. The van der Waals surface area contributed by atoms with Crippen LogP contribution >= 0.6 is 0 Å². The molecule has 0 heterocycles. The van der Waals surface area contributed by atoms with Crippen LogP contribution in [0, 0.1) is 0 Å². The zero-order valence-corrected chi connectivity index (χ0v) is 37.7. The second kappa shape index (κ2) is 47.5. The second-order valence-corrected chi connectivity index (χ2v) is 16.4. The highest BCUT2D eigenvalue weighted by Crippen LogP contribution is 2.14. The van der Waals surface area contributed by atoms with Crippen LogP contribution in [0.5, 0.6) is 0 Å². The number of esters is 2. The minimum absolute atomic E-state index is 0.0800. The first-order valence-electron chi connectivity index (χ1n) is 24.5. The molecule has 0 fully saturated rings. The van der Waals surface area contributed by atoms with Gasteiger partial charge >= 0.3 is 11.9 Å². The number of hydrogen-bond acceptors (Lipinski definition) is 5. The lowest BCUT2D eigenvalue weighted by atomic mass is 10.1. The fourth-order valence-electron chi connectivity index (χ4n) is 6.88. The third-order valence-corrected chi connectivity index (χ3v) is 10.6. The number of carbonyl (C=O) groups excluding carboxylic acids is 2. The molecule has 0 aromatic rings. The summed E-state index contributed by atoms with van der Waals surface area (Å²) in [4.78, 5) is 25.3. The summed E-state index contributed by atoms with van der Waals surface area (Å²) in [5.41, 5.74) is 0. The topological polar surface area (TPSA) is 61.8 Å². The van der Waals surface area contributed by atoms with Crippen LogP contribution < -0.4 is 0 Å². The number of allylic oxidation sites excluding steroid dienone is 6. The van der Waals surface area contributed by atoms with Crippen molar-refractivity contribution in [3.05, 3.63) is 36.5 Å². The molecule has 0 saturated carbocycles. The molecule has 0 spiro atoms. The van der Waals surface area contributed by atoms with Crippen LogP contribution in [0.2, 0.25) is 0 Å². The number of carbonyl (C=O) groups is 2. The van der Waals surface area contributed by atoms with Crippen molar-refractivity contribution in [2.45, 2.75) is 258 Å². The van der Waals surface area contributed by atoms with E-state index in [9.17, 15) is 9.59 Å². The molecule has 0 aliphatic rings. The highest BCUT2D eigenvalue weighted by Gasteiger charge is 2.17. The quantitative estimate of drug-likeness (QED) is 0.0349. The molecule has 0 aliphatic carbocycles. The Kier molecular flexibility index (Phi) is 45.9. The normalized spacial score (nSPS) is 12.4. The van der Waals surface area contributed by atoms with E-state index in [0.29, 0.717) is 19.4 Å². The smallest absolute Gasteiger partial charge is 0.306 e. The Morgan fingerprint density at radius 3 is 1.14 bits per heavy atom. The molecule has 0 aromatic carbocycles. The van der Waals surface area contributed by atoms with Crippen LogP contribution in [-0.2, 0) is 23.8 Å². The van der Waals surface area contributed by atoms with Crippen molar-refractivity contribution in [3.8, 4) is 0 Å². The molecule has 5 nitrogen and oxygen atoms in total. The molecule has 0 amide bonds. The summed E-state index contributed by atoms with van der Waals surface area (Å²) in [5.74, 6) is -0.409. The van der Waals surface area contributed by atoms with Gasteiger partial charge in [-0.2, -0.15) is 0 Å². The van der Waals surface area contributed by atoms with E-state index in [1.807, 2.05) is 0 Å². The van der Waals surface area contributed by atoms with E-state index in [2.05, 4.69) is 57.2 Å². The van der Waals surface area contributed by atoms with Crippen molar-refractivity contribution in [1.82, 2.24) is 0 Å². The number of hydrogen-bond donors (Lipinski definition) is 0. The standard InChI is InChI=1S/C51H94O5/c1-4-7-10-13-16-19-22-24-25-26-27-28-30-32-35-38-41-44-50(52)55-48-49(47-54-46-43-40-37-34-31-23-20-17-14-11-8-5-2)56-51(53)45-42-39-36-33-29-21-18-15-12-9-6-3/h14-15,17-18,24-25,49H,4-13,16,19-23,26-48H2,1-3H3/b17-14-,18-15-,25-24-. The first kappa shape index (κ1) is 54.1. The Labute approximate surface area is 349 Å². The van der Waals surface area contributed by atoms with Crippen LogP contribution in [0.25, 0.3) is 0 Å². The van der Waals surface area contributed by atoms with Gasteiger partial charge in [0.05, 0.1) is 6.61 Å². The number of rotatable bonds is 45. The zero-order valence-electron chi connectivity index (χ0n) is 37.7. The number of ether oxygens (including phenoxy) is 3. The van der Waals surface area contributed by atoms with Crippen LogP contribution in [0.3, 0.4) is 0 Å². The van der Waals surface area contributed by atoms with E-state index in [1.54, 1.807) is 0 Å². The average molecular weight is 787 g/mol. The summed E-state index contributed by atoms with van der Waals surface area (Å²) in [6.45, 7) is 7.75. The Morgan fingerprint density at radius 1 is 0.375 bits per heavy atom. The van der Waals surface area contributed by atoms with E-state index in [-0.39, 0.29) is 25.2 Å². The third-order valence-electron chi connectivity index (χ3n) is 10.6.